The van der Waals surface area contributed by atoms with Crippen LogP contribution in [0, 0.1) is 6.92 Å². The fourth-order valence-corrected chi connectivity index (χ4v) is 3.74. The molecule has 2 heterocycles. The summed E-state index contributed by atoms with van der Waals surface area (Å²) < 4.78 is 9.27. The summed E-state index contributed by atoms with van der Waals surface area (Å²) in [6, 6.07) is 31.6. The van der Waals surface area contributed by atoms with E-state index in [1.54, 1.807) is 16.9 Å². The zero-order valence-electron chi connectivity index (χ0n) is 19.3. The summed E-state index contributed by atoms with van der Waals surface area (Å²) in [7, 11) is 0. The maximum atomic E-state index is 12.7. The maximum Gasteiger partial charge on any atom is 0.277 e. The first kappa shape index (κ1) is 22.2. The Morgan fingerprint density at radius 2 is 1.54 bits per heavy atom. The Morgan fingerprint density at radius 3 is 2.29 bits per heavy atom. The zero-order valence-corrected chi connectivity index (χ0v) is 19.3. The molecule has 1 N–H and O–H groups in total. The third-order valence-electron chi connectivity index (χ3n) is 5.60. The molecule has 35 heavy (non-hydrogen) atoms. The molecule has 174 valence electrons. The van der Waals surface area contributed by atoms with Crippen molar-refractivity contribution in [3.63, 3.8) is 0 Å². The molecule has 1 amide bonds. The van der Waals surface area contributed by atoms with Gasteiger partial charge in [0.05, 0.1) is 6.54 Å². The molecular formula is C28H25N5O2. The van der Waals surface area contributed by atoms with Crippen LogP contribution in [0.25, 0.3) is 11.1 Å². The highest BCUT2D eigenvalue weighted by atomic mass is 16.5. The van der Waals surface area contributed by atoms with Crippen molar-refractivity contribution in [1.82, 2.24) is 19.6 Å². The summed E-state index contributed by atoms with van der Waals surface area (Å²) in [6.45, 7) is 2.80. The van der Waals surface area contributed by atoms with E-state index in [-0.39, 0.29) is 12.6 Å². The smallest absolute Gasteiger partial charge is 0.277 e. The van der Waals surface area contributed by atoms with Crippen molar-refractivity contribution < 1.29 is 9.53 Å². The SMILES string of the molecule is Cc1cc(NC(=O)c2ccn(COc3ccc(-c4ccccc4)cc3)n2)nn1Cc1ccccc1. The van der Waals surface area contributed by atoms with Gasteiger partial charge >= 0.3 is 0 Å². The number of ether oxygens (including phenoxy) is 1. The van der Waals surface area contributed by atoms with E-state index in [2.05, 4.69) is 27.6 Å². The molecule has 2 aromatic heterocycles. The molecule has 0 aliphatic carbocycles. The van der Waals surface area contributed by atoms with Crippen LogP contribution in [0.1, 0.15) is 21.7 Å². The van der Waals surface area contributed by atoms with Gasteiger partial charge in [0, 0.05) is 18.0 Å². The van der Waals surface area contributed by atoms with Gasteiger partial charge in [0.15, 0.2) is 18.2 Å². The molecule has 0 aliphatic heterocycles. The molecule has 0 aliphatic rings. The predicted octanol–water partition coefficient (Wildman–Crippen LogP) is 5.39. The van der Waals surface area contributed by atoms with E-state index in [1.165, 1.54) is 0 Å². The van der Waals surface area contributed by atoms with Crippen molar-refractivity contribution in [2.24, 2.45) is 0 Å². The lowest BCUT2D eigenvalue weighted by Crippen LogP contribution is -2.15. The molecule has 0 spiro atoms. The van der Waals surface area contributed by atoms with Crippen LogP contribution in [0.4, 0.5) is 5.82 Å². The predicted molar refractivity (Wildman–Crippen MR) is 135 cm³/mol. The zero-order chi connectivity index (χ0) is 24.0. The van der Waals surface area contributed by atoms with Crippen molar-refractivity contribution in [3.05, 3.63) is 120 Å². The average Bonchev–Trinajstić information content (AvgIpc) is 3.51. The molecule has 0 bridgehead atoms. The van der Waals surface area contributed by atoms with Gasteiger partial charge in [-0.3, -0.25) is 9.48 Å². The number of hydrogen-bond donors (Lipinski definition) is 1. The Bertz CT molecular complexity index is 1410. The van der Waals surface area contributed by atoms with Gasteiger partial charge < -0.3 is 10.1 Å². The van der Waals surface area contributed by atoms with Crippen LogP contribution in [-0.4, -0.2) is 25.5 Å². The standard InChI is InChI=1S/C28H25N5O2/c1-21-18-27(31-33(21)19-22-8-4-2-5-9-22)29-28(34)26-16-17-32(30-26)20-35-25-14-12-24(13-15-25)23-10-6-3-7-11-23/h2-18H,19-20H2,1H3,(H,29,31,34). The second kappa shape index (κ2) is 10.1. The highest BCUT2D eigenvalue weighted by molar-refractivity contribution is 6.02. The summed E-state index contributed by atoms with van der Waals surface area (Å²) in [6.07, 6.45) is 1.71. The molecule has 7 heteroatoms. The average molecular weight is 464 g/mol. The Labute approximate surface area is 203 Å². The van der Waals surface area contributed by atoms with Crippen molar-refractivity contribution in [2.45, 2.75) is 20.2 Å². The van der Waals surface area contributed by atoms with Crippen molar-refractivity contribution in [2.75, 3.05) is 5.32 Å². The van der Waals surface area contributed by atoms with Crippen molar-refractivity contribution in [3.8, 4) is 16.9 Å². The number of nitrogens with zero attached hydrogens (tertiary/aromatic N) is 4. The molecule has 7 nitrogen and oxygen atoms in total. The Balaban J connectivity index is 1.17. The number of carbonyl (C=O) groups excluding carboxylic acids is 1. The lowest BCUT2D eigenvalue weighted by Gasteiger charge is -2.07. The second-order valence-electron chi connectivity index (χ2n) is 8.17. The van der Waals surface area contributed by atoms with Crippen molar-refractivity contribution >= 4 is 11.7 Å². The molecule has 0 saturated heterocycles. The van der Waals surface area contributed by atoms with E-state index in [0.717, 1.165) is 28.1 Å². The topological polar surface area (TPSA) is 74.0 Å². The largest absolute Gasteiger partial charge is 0.471 e. The lowest BCUT2D eigenvalue weighted by molar-refractivity contribution is 0.101. The molecule has 5 aromatic rings. The van der Waals surface area contributed by atoms with Gasteiger partial charge in [-0.15, -0.1) is 0 Å². The van der Waals surface area contributed by atoms with Crippen LogP contribution < -0.4 is 10.1 Å². The Kier molecular flexibility index (Phi) is 6.39. The van der Waals surface area contributed by atoms with Gasteiger partial charge in [-0.25, -0.2) is 4.68 Å². The second-order valence-corrected chi connectivity index (χ2v) is 8.17. The van der Waals surface area contributed by atoms with E-state index in [4.69, 9.17) is 4.74 Å². The fourth-order valence-electron chi connectivity index (χ4n) is 3.74. The van der Waals surface area contributed by atoms with Crippen LogP contribution in [0.15, 0.2) is 103 Å². The van der Waals surface area contributed by atoms with Crippen LogP contribution in [-0.2, 0) is 13.3 Å². The molecule has 3 aromatic carbocycles. The third-order valence-corrected chi connectivity index (χ3v) is 5.60. The Morgan fingerprint density at radius 1 is 0.857 bits per heavy atom. The van der Waals surface area contributed by atoms with Gasteiger partial charge in [0.25, 0.3) is 5.91 Å². The number of anilines is 1. The van der Waals surface area contributed by atoms with E-state index < -0.39 is 0 Å². The normalized spacial score (nSPS) is 10.8. The minimum absolute atomic E-state index is 0.197. The molecule has 0 atom stereocenters. The maximum absolute atomic E-state index is 12.7. The molecule has 0 fully saturated rings. The number of aromatic nitrogens is 4. The first-order valence-corrected chi connectivity index (χ1v) is 11.4. The summed E-state index contributed by atoms with van der Waals surface area (Å²) >= 11 is 0. The van der Waals surface area contributed by atoms with Gasteiger partial charge in [0.1, 0.15) is 5.75 Å². The number of hydrogen-bond acceptors (Lipinski definition) is 4. The van der Waals surface area contributed by atoms with E-state index in [1.807, 2.05) is 90.5 Å². The Hall–Kier alpha value is -4.65. The minimum Gasteiger partial charge on any atom is -0.471 e. The van der Waals surface area contributed by atoms with Gasteiger partial charge in [-0.1, -0.05) is 72.8 Å². The number of carbonyl (C=O) groups is 1. The van der Waals surface area contributed by atoms with Gasteiger partial charge in [-0.2, -0.15) is 10.2 Å². The monoisotopic (exact) mass is 463 g/mol. The van der Waals surface area contributed by atoms with Crippen LogP contribution >= 0.6 is 0 Å². The molecule has 5 rings (SSSR count). The first-order chi connectivity index (χ1) is 17.1. The summed E-state index contributed by atoms with van der Waals surface area (Å²) in [5, 5.41) is 11.7. The summed E-state index contributed by atoms with van der Waals surface area (Å²) in [4.78, 5) is 12.7. The molecule has 0 saturated carbocycles. The van der Waals surface area contributed by atoms with E-state index in [9.17, 15) is 4.79 Å². The molecular weight excluding hydrogens is 438 g/mol. The third kappa shape index (κ3) is 5.47. The number of aryl methyl sites for hydroxylation is 1. The summed E-state index contributed by atoms with van der Waals surface area (Å²) in [5.74, 6) is 0.902. The minimum atomic E-state index is -0.319. The molecule has 0 unspecified atom stereocenters. The number of amides is 1. The van der Waals surface area contributed by atoms with Crippen LogP contribution in [0.2, 0.25) is 0 Å². The highest BCUT2D eigenvalue weighted by Crippen LogP contribution is 2.22. The molecule has 0 radical (unpaired) electrons. The first-order valence-electron chi connectivity index (χ1n) is 11.4. The highest BCUT2D eigenvalue weighted by Gasteiger charge is 2.13. The number of nitrogens with one attached hydrogen (secondary N) is 1. The van der Waals surface area contributed by atoms with Crippen LogP contribution in [0.3, 0.4) is 0 Å². The van der Waals surface area contributed by atoms with Gasteiger partial charge in [-0.05, 0) is 41.8 Å². The summed E-state index contributed by atoms with van der Waals surface area (Å²) in [5.41, 5.74) is 4.67. The van der Waals surface area contributed by atoms with Crippen LogP contribution in [0.5, 0.6) is 5.75 Å². The number of rotatable bonds is 8. The van der Waals surface area contributed by atoms with E-state index in [0.29, 0.717) is 18.1 Å². The van der Waals surface area contributed by atoms with Gasteiger partial charge in [0.2, 0.25) is 0 Å². The quantitative estimate of drug-likeness (QED) is 0.335. The lowest BCUT2D eigenvalue weighted by atomic mass is 10.1. The fraction of sp³-hybridized carbons (Fsp3) is 0.107. The van der Waals surface area contributed by atoms with E-state index >= 15 is 0 Å². The van der Waals surface area contributed by atoms with Crippen molar-refractivity contribution in [1.29, 1.82) is 0 Å². The number of benzene rings is 3.